The van der Waals surface area contributed by atoms with Crippen molar-refractivity contribution in [1.29, 1.82) is 0 Å². The summed E-state index contributed by atoms with van der Waals surface area (Å²) in [6.45, 7) is 18.5. The van der Waals surface area contributed by atoms with Crippen LogP contribution >= 0.6 is 15.9 Å². The van der Waals surface area contributed by atoms with E-state index in [0.29, 0.717) is 29.9 Å². The summed E-state index contributed by atoms with van der Waals surface area (Å²) in [4.78, 5) is 35.6. The molecule has 0 aromatic heterocycles. The molecule has 0 radical (unpaired) electrons. The van der Waals surface area contributed by atoms with Gasteiger partial charge in [0.05, 0.1) is 17.7 Å². The fraction of sp³-hybridized carbons (Fsp3) is 0.483. The zero-order valence-electron chi connectivity index (χ0n) is 23.3. The van der Waals surface area contributed by atoms with Crippen molar-refractivity contribution in [1.82, 2.24) is 14.7 Å². The van der Waals surface area contributed by atoms with Crippen LogP contribution in [-0.4, -0.2) is 85.1 Å². The maximum atomic E-state index is 12.5. The standard InChI is InChI=1S/C23H26BrN5O2.3C2H6/c24-20-6-3-7-21(25)19(20)16-26-8-9-27-10-12-28(13-11-27)14-15-29-22(30)17-4-1-2-5-18(17)23(29)31;3*1-2/h1-7,16H,8-15,25H2;3*1-2H3. The number of amides is 2. The summed E-state index contributed by atoms with van der Waals surface area (Å²) in [5, 5.41) is 0. The first-order chi connectivity index (χ1) is 18.0. The number of nitrogens with two attached hydrogens (primary N) is 1. The van der Waals surface area contributed by atoms with E-state index in [-0.39, 0.29) is 11.8 Å². The van der Waals surface area contributed by atoms with E-state index in [0.717, 1.165) is 49.3 Å². The predicted molar refractivity (Wildman–Crippen MR) is 160 cm³/mol. The quantitative estimate of drug-likeness (QED) is 0.271. The van der Waals surface area contributed by atoms with Crippen molar-refractivity contribution in [3.63, 3.8) is 0 Å². The minimum absolute atomic E-state index is 0.178. The summed E-state index contributed by atoms with van der Waals surface area (Å²) in [6.07, 6.45) is 1.83. The molecule has 0 bridgehead atoms. The maximum absolute atomic E-state index is 12.5. The van der Waals surface area contributed by atoms with Crippen LogP contribution in [0.2, 0.25) is 0 Å². The average molecular weight is 575 g/mol. The van der Waals surface area contributed by atoms with Crippen LogP contribution in [0.5, 0.6) is 0 Å². The van der Waals surface area contributed by atoms with Crippen LogP contribution < -0.4 is 5.73 Å². The normalized spacial score (nSPS) is 15.3. The minimum atomic E-state index is -0.178. The van der Waals surface area contributed by atoms with E-state index in [9.17, 15) is 9.59 Å². The summed E-state index contributed by atoms with van der Waals surface area (Å²) >= 11 is 3.50. The molecule has 2 aliphatic heterocycles. The highest BCUT2D eigenvalue weighted by Gasteiger charge is 2.35. The lowest BCUT2D eigenvalue weighted by Gasteiger charge is -2.34. The fourth-order valence-electron chi connectivity index (χ4n) is 3.97. The molecular formula is C29H44BrN5O2. The number of aliphatic imine (C=N–C) groups is 1. The molecule has 2 heterocycles. The second-order valence-electron chi connectivity index (χ2n) is 7.77. The van der Waals surface area contributed by atoms with E-state index >= 15 is 0 Å². The van der Waals surface area contributed by atoms with Gasteiger partial charge in [0.2, 0.25) is 0 Å². The highest BCUT2D eigenvalue weighted by atomic mass is 79.9. The number of anilines is 1. The number of piperazine rings is 1. The third-order valence-electron chi connectivity index (χ3n) is 5.84. The van der Waals surface area contributed by atoms with Gasteiger partial charge in [0, 0.05) is 67.8 Å². The molecule has 2 N–H and O–H groups in total. The zero-order valence-corrected chi connectivity index (χ0v) is 24.9. The van der Waals surface area contributed by atoms with E-state index in [1.165, 1.54) is 4.90 Å². The van der Waals surface area contributed by atoms with E-state index in [1.807, 2.05) is 66.0 Å². The smallest absolute Gasteiger partial charge is 0.261 e. The third-order valence-corrected chi connectivity index (χ3v) is 6.53. The Kier molecular flexibility index (Phi) is 15.6. The topological polar surface area (TPSA) is 82.2 Å². The fourth-order valence-corrected chi connectivity index (χ4v) is 4.45. The minimum Gasteiger partial charge on any atom is -0.398 e. The number of rotatable bonds is 7. The number of imide groups is 1. The van der Waals surface area contributed by atoms with Crippen molar-refractivity contribution < 1.29 is 9.59 Å². The lowest BCUT2D eigenvalue weighted by Crippen LogP contribution is -2.49. The predicted octanol–water partition coefficient (Wildman–Crippen LogP) is 5.44. The van der Waals surface area contributed by atoms with Crippen LogP contribution in [0.15, 0.2) is 51.9 Å². The monoisotopic (exact) mass is 573 g/mol. The number of hydrogen-bond acceptors (Lipinski definition) is 6. The summed E-state index contributed by atoms with van der Waals surface area (Å²) < 4.78 is 0.947. The zero-order chi connectivity index (χ0) is 27.8. The average Bonchev–Trinajstić information content (AvgIpc) is 3.20. The molecule has 0 saturated carbocycles. The summed E-state index contributed by atoms with van der Waals surface area (Å²) in [5.41, 5.74) is 8.66. The molecule has 8 heteroatoms. The number of carbonyl (C=O) groups is 2. The Bertz CT molecular complexity index is 948. The second-order valence-corrected chi connectivity index (χ2v) is 8.62. The van der Waals surface area contributed by atoms with Crippen molar-refractivity contribution in [2.75, 3.05) is 58.1 Å². The van der Waals surface area contributed by atoms with Crippen LogP contribution in [0.25, 0.3) is 0 Å². The number of nitrogens with zero attached hydrogens (tertiary/aromatic N) is 4. The van der Waals surface area contributed by atoms with Crippen LogP contribution in [0.1, 0.15) is 67.8 Å². The molecule has 0 aliphatic carbocycles. The Morgan fingerprint density at radius 1 is 0.784 bits per heavy atom. The summed E-state index contributed by atoms with van der Waals surface area (Å²) in [7, 11) is 0. The number of nitrogen functional groups attached to an aromatic ring is 1. The van der Waals surface area contributed by atoms with Crippen LogP contribution in [0.4, 0.5) is 5.69 Å². The van der Waals surface area contributed by atoms with Crippen molar-refractivity contribution in [2.24, 2.45) is 4.99 Å². The molecule has 0 spiro atoms. The van der Waals surface area contributed by atoms with Crippen molar-refractivity contribution >= 4 is 39.6 Å². The molecule has 0 unspecified atom stereocenters. The lowest BCUT2D eigenvalue weighted by atomic mass is 10.1. The molecule has 2 aromatic carbocycles. The van der Waals surface area contributed by atoms with Crippen LogP contribution in [0.3, 0.4) is 0 Å². The van der Waals surface area contributed by atoms with Gasteiger partial charge < -0.3 is 5.73 Å². The van der Waals surface area contributed by atoms with Gasteiger partial charge in [-0.25, -0.2) is 0 Å². The van der Waals surface area contributed by atoms with E-state index in [4.69, 9.17) is 5.73 Å². The molecule has 1 saturated heterocycles. The Balaban J connectivity index is 0.00000106. The molecule has 4 rings (SSSR count). The highest BCUT2D eigenvalue weighted by molar-refractivity contribution is 9.10. The van der Waals surface area contributed by atoms with Crippen molar-refractivity contribution in [3.05, 3.63) is 63.6 Å². The first-order valence-electron chi connectivity index (χ1n) is 13.5. The van der Waals surface area contributed by atoms with Gasteiger partial charge in [-0.2, -0.15) is 0 Å². The van der Waals surface area contributed by atoms with Gasteiger partial charge in [-0.05, 0) is 24.3 Å². The first-order valence-corrected chi connectivity index (χ1v) is 14.3. The van der Waals surface area contributed by atoms with Crippen LogP contribution in [-0.2, 0) is 0 Å². The molecule has 37 heavy (non-hydrogen) atoms. The Hall–Kier alpha value is -2.55. The molecular weight excluding hydrogens is 530 g/mol. The van der Waals surface area contributed by atoms with Gasteiger partial charge in [-0.15, -0.1) is 0 Å². The van der Waals surface area contributed by atoms with Gasteiger partial charge in [-0.1, -0.05) is 75.7 Å². The first kappa shape index (κ1) is 32.5. The number of halogens is 1. The van der Waals surface area contributed by atoms with Crippen molar-refractivity contribution in [2.45, 2.75) is 41.5 Å². The van der Waals surface area contributed by atoms with Gasteiger partial charge >= 0.3 is 0 Å². The van der Waals surface area contributed by atoms with Gasteiger partial charge in [-0.3, -0.25) is 29.3 Å². The Morgan fingerprint density at radius 3 is 1.81 bits per heavy atom. The molecule has 0 atom stereocenters. The Labute approximate surface area is 231 Å². The SMILES string of the molecule is CC.CC.CC.Nc1cccc(Br)c1C=NCCN1CCN(CCN2C(=O)c3ccccc3C2=O)CC1. The number of benzene rings is 2. The molecule has 2 amide bonds. The Morgan fingerprint density at radius 2 is 1.30 bits per heavy atom. The lowest BCUT2D eigenvalue weighted by molar-refractivity contribution is 0.0616. The molecule has 2 aromatic rings. The van der Waals surface area contributed by atoms with Gasteiger partial charge in [0.1, 0.15) is 0 Å². The largest absolute Gasteiger partial charge is 0.398 e. The molecule has 7 nitrogen and oxygen atoms in total. The second kappa shape index (κ2) is 17.8. The molecule has 2 aliphatic rings. The molecule has 204 valence electrons. The third kappa shape index (κ3) is 9.05. The maximum Gasteiger partial charge on any atom is 0.261 e. The number of fused-ring (bicyclic) bond motifs is 1. The van der Waals surface area contributed by atoms with E-state index < -0.39 is 0 Å². The van der Waals surface area contributed by atoms with Crippen LogP contribution in [0, 0.1) is 0 Å². The van der Waals surface area contributed by atoms with E-state index in [2.05, 4.69) is 30.7 Å². The number of hydrogen-bond donors (Lipinski definition) is 1. The summed E-state index contributed by atoms with van der Waals surface area (Å²) in [5.74, 6) is -0.356. The van der Waals surface area contributed by atoms with Crippen molar-refractivity contribution in [3.8, 4) is 0 Å². The van der Waals surface area contributed by atoms with E-state index in [1.54, 1.807) is 24.3 Å². The number of carbonyl (C=O) groups excluding carboxylic acids is 2. The highest BCUT2D eigenvalue weighted by Crippen LogP contribution is 2.22. The van der Waals surface area contributed by atoms with Gasteiger partial charge in [0.15, 0.2) is 0 Å². The summed E-state index contributed by atoms with van der Waals surface area (Å²) in [6, 6.07) is 12.8. The molecule has 1 fully saturated rings. The van der Waals surface area contributed by atoms with Gasteiger partial charge in [0.25, 0.3) is 11.8 Å².